The topological polar surface area (TPSA) is 76.8 Å². The Labute approximate surface area is 149 Å². The van der Waals surface area contributed by atoms with Gasteiger partial charge in [0.2, 0.25) is 5.91 Å². The molecule has 26 heavy (non-hydrogen) atoms. The van der Waals surface area contributed by atoms with Crippen molar-refractivity contribution in [3.05, 3.63) is 48.2 Å². The first-order chi connectivity index (χ1) is 12.6. The summed E-state index contributed by atoms with van der Waals surface area (Å²) < 4.78 is 10.6. The van der Waals surface area contributed by atoms with Crippen molar-refractivity contribution in [2.24, 2.45) is 0 Å². The van der Waals surface area contributed by atoms with E-state index in [1.165, 1.54) is 0 Å². The normalized spacial score (nSPS) is 14.3. The smallest absolute Gasteiger partial charge is 0.310 e. The van der Waals surface area contributed by atoms with Crippen LogP contribution in [-0.2, 0) is 25.5 Å². The summed E-state index contributed by atoms with van der Waals surface area (Å²) in [6, 6.07) is 11.7. The Morgan fingerprint density at radius 3 is 2.81 bits per heavy atom. The van der Waals surface area contributed by atoms with Crippen LogP contribution in [0.3, 0.4) is 0 Å². The van der Waals surface area contributed by atoms with Gasteiger partial charge in [0.25, 0.3) is 5.91 Å². The van der Waals surface area contributed by atoms with Gasteiger partial charge in [-0.1, -0.05) is 30.3 Å². The van der Waals surface area contributed by atoms with Crippen molar-refractivity contribution in [2.75, 3.05) is 13.2 Å². The first-order valence-electron chi connectivity index (χ1n) is 8.50. The Kier molecular flexibility index (Phi) is 4.16. The molecular formula is C20H17NO5. The lowest BCUT2D eigenvalue weighted by Gasteiger charge is -2.13. The minimum Gasteiger partial charge on any atom is -0.464 e. The number of ether oxygens (including phenoxy) is 1. The van der Waals surface area contributed by atoms with E-state index in [0.29, 0.717) is 30.5 Å². The average Bonchev–Trinajstić information content (AvgIpc) is 3.26. The van der Waals surface area contributed by atoms with E-state index in [0.717, 1.165) is 21.1 Å². The highest BCUT2D eigenvalue weighted by Gasteiger charge is 2.27. The van der Waals surface area contributed by atoms with E-state index in [1.807, 2.05) is 36.4 Å². The zero-order valence-electron chi connectivity index (χ0n) is 14.1. The standard InChI is InChI=1S/C20H17NO5/c22-17-6-3-9-21(17)18(23)12-26-19(24)10-14-11-25-16-8-7-13-4-1-2-5-15(13)20(14)16/h1-2,4-5,7-8,11H,3,6,9-10,12H2. The predicted molar refractivity (Wildman–Crippen MR) is 94.3 cm³/mol. The molecule has 2 aromatic carbocycles. The molecule has 0 aliphatic carbocycles. The third-order valence-corrected chi connectivity index (χ3v) is 4.61. The van der Waals surface area contributed by atoms with Gasteiger partial charge >= 0.3 is 5.97 Å². The minimum atomic E-state index is -0.527. The van der Waals surface area contributed by atoms with Crippen molar-refractivity contribution in [2.45, 2.75) is 19.3 Å². The minimum absolute atomic E-state index is 0.00222. The first-order valence-corrected chi connectivity index (χ1v) is 8.50. The van der Waals surface area contributed by atoms with Crippen molar-refractivity contribution >= 4 is 39.5 Å². The number of carbonyl (C=O) groups excluding carboxylic acids is 3. The summed E-state index contributed by atoms with van der Waals surface area (Å²) in [4.78, 5) is 36.8. The van der Waals surface area contributed by atoms with Gasteiger partial charge in [0, 0.05) is 23.9 Å². The number of esters is 1. The van der Waals surface area contributed by atoms with Crippen molar-refractivity contribution < 1.29 is 23.5 Å². The van der Waals surface area contributed by atoms with E-state index in [-0.39, 0.29) is 12.3 Å². The van der Waals surface area contributed by atoms with Gasteiger partial charge in [-0.05, 0) is 23.3 Å². The maximum absolute atomic E-state index is 12.2. The van der Waals surface area contributed by atoms with Crippen LogP contribution in [0.1, 0.15) is 18.4 Å². The predicted octanol–water partition coefficient (Wildman–Crippen LogP) is 2.82. The maximum atomic E-state index is 12.2. The third-order valence-electron chi connectivity index (χ3n) is 4.61. The summed E-state index contributed by atoms with van der Waals surface area (Å²) in [7, 11) is 0. The molecule has 0 unspecified atom stereocenters. The lowest BCUT2D eigenvalue weighted by Crippen LogP contribution is -2.35. The average molecular weight is 351 g/mol. The van der Waals surface area contributed by atoms with Crippen molar-refractivity contribution in [1.82, 2.24) is 4.90 Å². The number of imide groups is 1. The molecule has 6 heteroatoms. The quantitative estimate of drug-likeness (QED) is 0.676. The van der Waals surface area contributed by atoms with Crippen LogP contribution in [0.5, 0.6) is 0 Å². The molecule has 1 aliphatic rings. The summed E-state index contributed by atoms with van der Waals surface area (Å²) in [6.07, 6.45) is 2.58. The largest absolute Gasteiger partial charge is 0.464 e. The molecule has 3 aromatic rings. The molecule has 0 spiro atoms. The summed E-state index contributed by atoms with van der Waals surface area (Å²) in [5.74, 6) is -1.21. The zero-order chi connectivity index (χ0) is 18.1. The molecule has 0 bridgehead atoms. The molecule has 132 valence electrons. The van der Waals surface area contributed by atoms with Crippen LogP contribution < -0.4 is 0 Å². The van der Waals surface area contributed by atoms with Gasteiger partial charge in [0.05, 0.1) is 12.7 Å². The molecule has 1 fully saturated rings. The van der Waals surface area contributed by atoms with Crippen LogP contribution in [0, 0.1) is 0 Å². The molecule has 1 aromatic heterocycles. The number of likely N-dealkylation sites (tertiary alicyclic amines) is 1. The van der Waals surface area contributed by atoms with Gasteiger partial charge in [-0.2, -0.15) is 0 Å². The molecule has 6 nitrogen and oxygen atoms in total. The van der Waals surface area contributed by atoms with E-state index in [4.69, 9.17) is 9.15 Å². The van der Waals surface area contributed by atoms with Gasteiger partial charge in [0.15, 0.2) is 6.61 Å². The maximum Gasteiger partial charge on any atom is 0.310 e. The van der Waals surface area contributed by atoms with Crippen molar-refractivity contribution in [3.63, 3.8) is 0 Å². The van der Waals surface area contributed by atoms with E-state index >= 15 is 0 Å². The number of hydrogen-bond acceptors (Lipinski definition) is 5. The van der Waals surface area contributed by atoms with Crippen LogP contribution in [0.15, 0.2) is 47.1 Å². The number of benzene rings is 2. The Morgan fingerprint density at radius 2 is 2.00 bits per heavy atom. The van der Waals surface area contributed by atoms with E-state index in [9.17, 15) is 14.4 Å². The molecule has 0 radical (unpaired) electrons. The Morgan fingerprint density at radius 1 is 1.15 bits per heavy atom. The number of carbonyl (C=O) groups is 3. The fourth-order valence-corrected chi connectivity index (χ4v) is 3.34. The third kappa shape index (κ3) is 2.94. The van der Waals surface area contributed by atoms with Gasteiger partial charge in [-0.15, -0.1) is 0 Å². The number of hydrogen-bond donors (Lipinski definition) is 0. The van der Waals surface area contributed by atoms with Crippen LogP contribution >= 0.6 is 0 Å². The van der Waals surface area contributed by atoms with E-state index in [1.54, 1.807) is 6.26 Å². The number of fused-ring (bicyclic) bond motifs is 3. The monoisotopic (exact) mass is 351 g/mol. The first kappa shape index (κ1) is 16.3. The second-order valence-corrected chi connectivity index (χ2v) is 6.30. The zero-order valence-corrected chi connectivity index (χ0v) is 14.1. The lowest BCUT2D eigenvalue weighted by molar-refractivity contribution is -0.154. The number of rotatable bonds is 4. The fraction of sp³-hybridized carbons (Fsp3) is 0.250. The Bertz CT molecular complexity index is 1020. The van der Waals surface area contributed by atoms with Crippen LogP contribution in [0.2, 0.25) is 0 Å². The van der Waals surface area contributed by atoms with Gasteiger partial charge < -0.3 is 9.15 Å². The summed E-state index contributed by atoms with van der Waals surface area (Å²) >= 11 is 0. The molecule has 1 saturated heterocycles. The van der Waals surface area contributed by atoms with Crippen molar-refractivity contribution in [3.8, 4) is 0 Å². The van der Waals surface area contributed by atoms with Gasteiger partial charge in [-0.3, -0.25) is 19.3 Å². The molecule has 2 heterocycles. The van der Waals surface area contributed by atoms with E-state index in [2.05, 4.69) is 0 Å². The number of furan rings is 1. The summed E-state index contributed by atoms with van der Waals surface area (Å²) in [5.41, 5.74) is 1.41. The highest BCUT2D eigenvalue weighted by molar-refractivity contribution is 6.08. The highest BCUT2D eigenvalue weighted by Crippen LogP contribution is 2.30. The highest BCUT2D eigenvalue weighted by atomic mass is 16.5. The Hall–Kier alpha value is -3.15. The number of amides is 2. The lowest BCUT2D eigenvalue weighted by atomic mass is 10.0. The fourth-order valence-electron chi connectivity index (χ4n) is 3.34. The molecule has 1 aliphatic heterocycles. The molecule has 4 rings (SSSR count). The summed E-state index contributed by atoms with van der Waals surface area (Å²) in [6.45, 7) is -0.0192. The number of nitrogens with zero attached hydrogens (tertiary/aromatic N) is 1. The van der Waals surface area contributed by atoms with E-state index < -0.39 is 18.5 Å². The Balaban J connectivity index is 1.48. The molecule has 2 amide bonds. The molecule has 0 N–H and O–H groups in total. The summed E-state index contributed by atoms with van der Waals surface area (Å²) in [5, 5.41) is 2.93. The molecule has 0 atom stereocenters. The van der Waals surface area contributed by atoms with Crippen LogP contribution in [0.25, 0.3) is 21.7 Å². The molecular weight excluding hydrogens is 334 g/mol. The van der Waals surface area contributed by atoms with Crippen LogP contribution in [-0.4, -0.2) is 35.8 Å². The second kappa shape index (κ2) is 6.63. The SMILES string of the molecule is O=C(Cc1coc2ccc3ccccc3c12)OCC(=O)N1CCCC1=O. The van der Waals surface area contributed by atoms with Gasteiger partial charge in [0.1, 0.15) is 5.58 Å². The second-order valence-electron chi connectivity index (χ2n) is 6.30. The van der Waals surface area contributed by atoms with Crippen LogP contribution in [0.4, 0.5) is 0 Å². The molecule has 0 saturated carbocycles. The van der Waals surface area contributed by atoms with Gasteiger partial charge in [-0.25, -0.2) is 0 Å². The van der Waals surface area contributed by atoms with Crippen molar-refractivity contribution in [1.29, 1.82) is 0 Å².